The Labute approximate surface area is 179 Å². The molecule has 2 N–H and O–H groups in total. The number of aromatic nitrogens is 2. The maximum atomic E-state index is 14.9. The fraction of sp³-hybridized carbons (Fsp3) is 0.174. The fourth-order valence-electron chi connectivity index (χ4n) is 3.89. The van der Waals surface area contributed by atoms with Crippen LogP contribution in [-0.4, -0.2) is 42.1 Å². The molecule has 8 heteroatoms. The Morgan fingerprint density at radius 2 is 1.71 bits per heavy atom. The van der Waals surface area contributed by atoms with Crippen LogP contribution in [0, 0.1) is 5.82 Å². The van der Waals surface area contributed by atoms with E-state index in [0.717, 1.165) is 24.3 Å². The molecule has 0 radical (unpaired) electrons. The van der Waals surface area contributed by atoms with Crippen molar-refractivity contribution in [3.8, 4) is 0 Å². The SMILES string of the molecule is O=C1Nc2ccccc2C1=CNc1ccc(N2CCN(c3ncccn3)CC2)c(F)c1. The average molecular weight is 416 g/mol. The Balaban J connectivity index is 1.26. The molecule has 0 atom stereocenters. The second-order valence-electron chi connectivity index (χ2n) is 7.39. The molecule has 1 amide bonds. The number of anilines is 4. The molecule has 2 aliphatic rings. The van der Waals surface area contributed by atoms with Crippen molar-refractivity contribution in [2.24, 2.45) is 0 Å². The Hall–Kier alpha value is -3.94. The Kier molecular flexibility index (Phi) is 4.95. The summed E-state index contributed by atoms with van der Waals surface area (Å²) in [7, 11) is 0. The molecule has 0 unspecified atom stereocenters. The van der Waals surface area contributed by atoms with Gasteiger partial charge in [0.05, 0.1) is 11.3 Å². The number of halogens is 1. The minimum Gasteiger partial charge on any atom is -0.366 e. The Morgan fingerprint density at radius 3 is 2.48 bits per heavy atom. The van der Waals surface area contributed by atoms with Gasteiger partial charge in [-0.15, -0.1) is 0 Å². The van der Waals surface area contributed by atoms with Crippen molar-refractivity contribution in [2.45, 2.75) is 0 Å². The van der Waals surface area contributed by atoms with Gasteiger partial charge in [0, 0.05) is 61.7 Å². The van der Waals surface area contributed by atoms with Gasteiger partial charge in [0.2, 0.25) is 5.95 Å². The molecular weight excluding hydrogens is 395 g/mol. The Bertz CT molecular complexity index is 1140. The third-order valence-electron chi connectivity index (χ3n) is 5.50. The highest BCUT2D eigenvalue weighted by Crippen LogP contribution is 2.31. The molecule has 3 aromatic rings. The summed E-state index contributed by atoms with van der Waals surface area (Å²) in [5.41, 5.74) is 3.29. The zero-order chi connectivity index (χ0) is 21.2. The van der Waals surface area contributed by atoms with E-state index in [0.29, 0.717) is 36.0 Å². The van der Waals surface area contributed by atoms with E-state index in [9.17, 15) is 9.18 Å². The summed E-state index contributed by atoms with van der Waals surface area (Å²) in [6, 6.07) is 14.3. The highest BCUT2D eigenvalue weighted by atomic mass is 19.1. The zero-order valence-electron chi connectivity index (χ0n) is 16.8. The van der Waals surface area contributed by atoms with Crippen molar-refractivity contribution in [1.82, 2.24) is 9.97 Å². The lowest BCUT2D eigenvalue weighted by Gasteiger charge is -2.36. The number of rotatable bonds is 4. The number of piperazine rings is 1. The molecule has 0 spiro atoms. The highest BCUT2D eigenvalue weighted by molar-refractivity contribution is 6.31. The van der Waals surface area contributed by atoms with Gasteiger partial charge in [0.15, 0.2) is 0 Å². The molecule has 1 saturated heterocycles. The van der Waals surface area contributed by atoms with Gasteiger partial charge >= 0.3 is 0 Å². The van der Waals surface area contributed by atoms with Gasteiger partial charge in [-0.05, 0) is 30.3 Å². The molecule has 0 bridgehead atoms. The van der Waals surface area contributed by atoms with Crippen LogP contribution in [-0.2, 0) is 4.79 Å². The molecule has 1 aromatic heterocycles. The summed E-state index contributed by atoms with van der Waals surface area (Å²) in [4.78, 5) is 24.9. The van der Waals surface area contributed by atoms with Crippen molar-refractivity contribution in [1.29, 1.82) is 0 Å². The van der Waals surface area contributed by atoms with Crippen LogP contribution in [0.4, 0.5) is 27.4 Å². The number of fused-ring (bicyclic) bond motifs is 1. The first kappa shape index (κ1) is 19.0. The number of carbonyl (C=O) groups is 1. The van der Waals surface area contributed by atoms with Crippen LogP contribution in [0.25, 0.3) is 5.57 Å². The summed E-state index contributed by atoms with van der Waals surface area (Å²) in [6.07, 6.45) is 5.07. The van der Waals surface area contributed by atoms with Crippen molar-refractivity contribution in [3.05, 3.63) is 78.5 Å². The van der Waals surface area contributed by atoms with Crippen LogP contribution in [0.5, 0.6) is 0 Å². The standard InChI is InChI=1S/C23H21FN6O/c24-19-14-16(27-15-18-17-4-1-2-5-20(17)28-22(18)31)6-7-21(19)29-10-12-30(13-11-29)23-25-8-3-9-26-23/h1-9,14-15,27H,10-13H2,(H,28,31). The molecular formula is C23H21FN6O. The van der Waals surface area contributed by atoms with E-state index in [2.05, 4.69) is 25.5 Å². The summed E-state index contributed by atoms with van der Waals surface area (Å²) >= 11 is 0. The summed E-state index contributed by atoms with van der Waals surface area (Å²) in [5.74, 6) is 0.225. The third kappa shape index (κ3) is 3.79. The first-order valence-electron chi connectivity index (χ1n) is 10.1. The van der Waals surface area contributed by atoms with Crippen molar-refractivity contribution in [2.75, 3.05) is 46.6 Å². The maximum Gasteiger partial charge on any atom is 0.257 e. The number of amides is 1. The molecule has 0 saturated carbocycles. The lowest BCUT2D eigenvalue weighted by atomic mass is 10.1. The number of carbonyl (C=O) groups excluding carboxylic acids is 1. The highest BCUT2D eigenvalue weighted by Gasteiger charge is 2.24. The van der Waals surface area contributed by atoms with E-state index >= 15 is 0 Å². The van der Waals surface area contributed by atoms with E-state index in [4.69, 9.17) is 0 Å². The van der Waals surface area contributed by atoms with Gasteiger partial charge < -0.3 is 20.4 Å². The van der Waals surface area contributed by atoms with Crippen molar-refractivity contribution >= 4 is 34.5 Å². The number of benzene rings is 2. The van der Waals surface area contributed by atoms with Crippen LogP contribution in [0.3, 0.4) is 0 Å². The minimum atomic E-state index is -0.302. The summed E-state index contributed by atoms with van der Waals surface area (Å²) in [6.45, 7) is 2.82. The van der Waals surface area contributed by atoms with Crippen LogP contribution < -0.4 is 20.4 Å². The minimum absolute atomic E-state index is 0.175. The molecule has 3 heterocycles. The number of hydrogen-bond donors (Lipinski definition) is 2. The first-order chi connectivity index (χ1) is 15.2. The maximum absolute atomic E-state index is 14.9. The number of nitrogens with zero attached hydrogens (tertiary/aromatic N) is 4. The van der Waals surface area contributed by atoms with E-state index in [-0.39, 0.29) is 11.7 Å². The zero-order valence-corrected chi connectivity index (χ0v) is 16.8. The number of para-hydroxylation sites is 1. The number of hydrogen-bond acceptors (Lipinski definition) is 6. The summed E-state index contributed by atoms with van der Waals surface area (Å²) in [5, 5.41) is 5.87. The van der Waals surface area contributed by atoms with E-state index in [1.807, 2.05) is 35.2 Å². The normalized spacial score (nSPS) is 16.9. The van der Waals surface area contributed by atoms with Gasteiger partial charge in [0.25, 0.3) is 5.91 Å². The van der Waals surface area contributed by atoms with Crippen LogP contribution in [0.1, 0.15) is 5.56 Å². The molecule has 2 aromatic carbocycles. The first-order valence-corrected chi connectivity index (χ1v) is 10.1. The average Bonchev–Trinajstić information content (AvgIpc) is 3.13. The van der Waals surface area contributed by atoms with Gasteiger partial charge in [0.1, 0.15) is 5.82 Å². The Morgan fingerprint density at radius 1 is 0.968 bits per heavy atom. The van der Waals surface area contributed by atoms with Crippen molar-refractivity contribution in [3.63, 3.8) is 0 Å². The van der Waals surface area contributed by atoms with Crippen LogP contribution in [0.2, 0.25) is 0 Å². The van der Waals surface area contributed by atoms with Crippen LogP contribution in [0.15, 0.2) is 67.1 Å². The third-order valence-corrected chi connectivity index (χ3v) is 5.50. The fourth-order valence-corrected chi connectivity index (χ4v) is 3.89. The molecule has 31 heavy (non-hydrogen) atoms. The molecule has 5 rings (SSSR count). The van der Waals surface area contributed by atoms with Gasteiger partial charge in [-0.2, -0.15) is 0 Å². The molecule has 2 aliphatic heterocycles. The predicted molar refractivity (Wildman–Crippen MR) is 120 cm³/mol. The smallest absolute Gasteiger partial charge is 0.257 e. The van der Waals surface area contributed by atoms with Crippen LogP contribution >= 0.6 is 0 Å². The molecule has 0 aliphatic carbocycles. The second-order valence-corrected chi connectivity index (χ2v) is 7.39. The van der Waals surface area contributed by atoms with E-state index < -0.39 is 0 Å². The van der Waals surface area contributed by atoms with Gasteiger partial charge in [-0.25, -0.2) is 14.4 Å². The lowest BCUT2D eigenvalue weighted by Crippen LogP contribution is -2.47. The summed E-state index contributed by atoms with van der Waals surface area (Å²) < 4.78 is 14.9. The van der Waals surface area contributed by atoms with E-state index in [1.165, 1.54) is 6.07 Å². The van der Waals surface area contributed by atoms with Crippen molar-refractivity contribution < 1.29 is 9.18 Å². The molecule has 7 nitrogen and oxygen atoms in total. The molecule has 156 valence electrons. The monoisotopic (exact) mass is 416 g/mol. The topological polar surface area (TPSA) is 73.4 Å². The van der Waals surface area contributed by atoms with Gasteiger partial charge in [-0.3, -0.25) is 4.79 Å². The lowest BCUT2D eigenvalue weighted by molar-refractivity contribution is -0.110. The molecule has 1 fully saturated rings. The number of nitrogens with one attached hydrogen (secondary N) is 2. The van der Waals surface area contributed by atoms with E-state index in [1.54, 1.807) is 30.7 Å². The second kappa shape index (κ2) is 8.06. The predicted octanol–water partition coefficient (Wildman–Crippen LogP) is 3.35. The quantitative estimate of drug-likeness (QED) is 0.636. The van der Waals surface area contributed by atoms with Gasteiger partial charge in [-0.1, -0.05) is 18.2 Å². The largest absolute Gasteiger partial charge is 0.366 e.